The summed E-state index contributed by atoms with van der Waals surface area (Å²) in [5.41, 5.74) is 0.808. The van der Waals surface area contributed by atoms with Crippen molar-refractivity contribution in [2.45, 2.75) is 0 Å². The molecule has 0 spiro atoms. The zero-order chi connectivity index (χ0) is 16.9. The van der Waals surface area contributed by atoms with Crippen molar-refractivity contribution >= 4 is 18.2 Å². The molecule has 0 aromatic carbocycles. The molecule has 8 heteroatoms. The largest absolute Gasteiger partial charge is 0.378 e. The van der Waals surface area contributed by atoms with Crippen molar-refractivity contribution in [2.24, 2.45) is 0 Å². The minimum atomic E-state index is -0.162. The number of hydrogen-bond donors (Lipinski definition) is 0. The van der Waals surface area contributed by atoms with Gasteiger partial charge in [-0.05, 0) is 6.07 Å². The molecule has 2 saturated heterocycles. The zero-order valence-corrected chi connectivity index (χ0v) is 13.4. The van der Waals surface area contributed by atoms with Crippen LogP contribution in [0.2, 0.25) is 0 Å². The molecule has 0 radical (unpaired) electrons. The highest BCUT2D eigenvalue weighted by atomic mass is 16.5. The van der Waals surface area contributed by atoms with Crippen LogP contribution in [0.25, 0.3) is 0 Å². The van der Waals surface area contributed by atoms with Gasteiger partial charge < -0.3 is 19.4 Å². The number of rotatable bonds is 3. The number of morpholine rings is 1. The summed E-state index contributed by atoms with van der Waals surface area (Å²) in [5, 5.41) is 0. The summed E-state index contributed by atoms with van der Waals surface area (Å²) in [6.45, 7) is 4.16. The number of piperazine rings is 1. The molecule has 3 amide bonds. The van der Waals surface area contributed by atoms with Crippen LogP contribution in [0.5, 0.6) is 0 Å². The minimum Gasteiger partial charge on any atom is -0.378 e. The van der Waals surface area contributed by atoms with E-state index in [-0.39, 0.29) is 11.8 Å². The van der Waals surface area contributed by atoms with Gasteiger partial charge in [0.1, 0.15) is 0 Å². The van der Waals surface area contributed by atoms with E-state index in [4.69, 9.17) is 4.74 Å². The molecule has 2 aliphatic rings. The number of nitrogens with zero attached hydrogens (tertiary/aromatic N) is 4. The van der Waals surface area contributed by atoms with Crippen LogP contribution in [0.15, 0.2) is 18.5 Å². The van der Waals surface area contributed by atoms with Gasteiger partial charge in [-0.1, -0.05) is 0 Å². The number of carbonyl (C=O) groups excluding carboxylic acids is 3. The third kappa shape index (κ3) is 3.53. The topological polar surface area (TPSA) is 83.1 Å². The Kier molecular flexibility index (Phi) is 5.05. The van der Waals surface area contributed by atoms with E-state index in [2.05, 4.69) is 4.98 Å². The van der Waals surface area contributed by atoms with Gasteiger partial charge in [0.15, 0.2) is 0 Å². The fourth-order valence-corrected chi connectivity index (χ4v) is 2.84. The van der Waals surface area contributed by atoms with E-state index in [0.717, 1.165) is 6.41 Å². The zero-order valence-electron chi connectivity index (χ0n) is 13.4. The molecule has 0 bridgehead atoms. The lowest BCUT2D eigenvalue weighted by molar-refractivity contribution is -0.119. The van der Waals surface area contributed by atoms with E-state index in [1.54, 1.807) is 20.8 Å². The second-order valence-corrected chi connectivity index (χ2v) is 5.80. The molecule has 8 nitrogen and oxygen atoms in total. The highest BCUT2D eigenvalue weighted by molar-refractivity contribution is 5.99. The van der Waals surface area contributed by atoms with Crippen LogP contribution in [-0.2, 0) is 9.53 Å². The van der Waals surface area contributed by atoms with Crippen molar-refractivity contribution in [3.63, 3.8) is 0 Å². The van der Waals surface area contributed by atoms with Gasteiger partial charge in [0.25, 0.3) is 11.8 Å². The standard InChI is InChI=1S/C16H20N4O4/c21-12-18-1-3-19(4-2-18)15(22)13-9-14(11-17-10-13)16(23)20-5-7-24-8-6-20/h9-12H,1-8H2. The third-order valence-corrected chi connectivity index (χ3v) is 4.28. The number of aromatic nitrogens is 1. The van der Waals surface area contributed by atoms with Crippen molar-refractivity contribution in [1.82, 2.24) is 19.7 Å². The first-order chi connectivity index (χ1) is 11.7. The first kappa shape index (κ1) is 16.4. The van der Waals surface area contributed by atoms with Crippen molar-refractivity contribution in [1.29, 1.82) is 0 Å². The average molecular weight is 332 g/mol. The Bertz CT molecular complexity index is 622. The average Bonchev–Trinajstić information content (AvgIpc) is 2.67. The lowest BCUT2D eigenvalue weighted by Crippen LogP contribution is -2.48. The summed E-state index contributed by atoms with van der Waals surface area (Å²) in [6, 6.07) is 1.60. The van der Waals surface area contributed by atoms with Gasteiger partial charge in [0.2, 0.25) is 6.41 Å². The quantitative estimate of drug-likeness (QED) is 0.695. The lowest BCUT2D eigenvalue weighted by atomic mass is 10.1. The Morgan fingerprint density at radius 1 is 0.917 bits per heavy atom. The molecule has 0 aliphatic carbocycles. The molecular formula is C16H20N4O4. The van der Waals surface area contributed by atoms with Crippen LogP contribution in [0.4, 0.5) is 0 Å². The maximum atomic E-state index is 12.6. The lowest BCUT2D eigenvalue weighted by Gasteiger charge is -2.32. The summed E-state index contributed by atoms with van der Waals surface area (Å²) < 4.78 is 5.25. The van der Waals surface area contributed by atoms with E-state index in [1.807, 2.05) is 0 Å². The van der Waals surface area contributed by atoms with Crippen molar-refractivity contribution in [2.75, 3.05) is 52.5 Å². The molecule has 0 N–H and O–H groups in total. The van der Waals surface area contributed by atoms with Crippen LogP contribution in [0.1, 0.15) is 20.7 Å². The molecule has 0 unspecified atom stereocenters. The Morgan fingerprint density at radius 3 is 2.00 bits per heavy atom. The van der Waals surface area contributed by atoms with Crippen LogP contribution < -0.4 is 0 Å². The van der Waals surface area contributed by atoms with E-state index in [1.165, 1.54) is 12.4 Å². The predicted molar refractivity (Wildman–Crippen MR) is 84.5 cm³/mol. The summed E-state index contributed by atoms with van der Waals surface area (Å²) in [7, 11) is 0. The van der Waals surface area contributed by atoms with Crippen molar-refractivity contribution < 1.29 is 19.1 Å². The SMILES string of the molecule is O=CN1CCN(C(=O)c2cncc(C(=O)N3CCOCC3)c2)CC1. The summed E-state index contributed by atoms with van der Waals surface area (Å²) in [5.74, 6) is -0.295. The predicted octanol–water partition coefficient (Wildman–Crippen LogP) is -0.532. The van der Waals surface area contributed by atoms with Crippen LogP contribution in [0, 0.1) is 0 Å². The van der Waals surface area contributed by atoms with E-state index >= 15 is 0 Å². The number of carbonyl (C=O) groups is 3. The monoisotopic (exact) mass is 332 g/mol. The fraction of sp³-hybridized carbons (Fsp3) is 0.500. The maximum absolute atomic E-state index is 12.6. The Hall–Kier alpha value is -2.48. The summed E-state index contributed by atoms with van der Waals surface area (Å²) in [4.78, 5) is 44.9. The van der Waals surface area contributed by atoms with E-state index < -0.39 is 0 Å². The third-order valence-electron chi connectivity index (χ3n) is 4.28. The molecule has 1 aromatic rings. The van der Waals surface area contributed by atoms with Crippen molar-refractivity contribution in [3.8, 4) is 0 Å². The number of hydrogen-bond acceptors (Lipinski definition) is 5. The van der Waals surface area contributed by atoms with Gasteiger partial charge in [-0.2, -0.15) is 0 Å². The van der Waals surface area contributed by atoms with Gasteiger partial charge in [-0.25, -0.2) is 0 Å². The molecule has 3 rings (SSSR count). The molecule has 0 atom stereocenters. The first-order valence-electron chi connectivity index (χ1n) is 8.00. The smallest absolute Gasteiger partial charge is 0.255 e. The number of ether oxygens (including phenoxy) is 1. The molecule has 2 fully saturated rings. The van der Waals surface area contributed by atoms with Crippen LogP contribution in [-0.4, -0.2) is 90.4 Å². The number of pyridine rings is 1. The molecule has 24 heavy (non-hydrogen) atoms. The van der Waals surface area contributed by atoms with Gasteiger partial charge >= 0.3 is 0 Å². The second-order valence-electron chi connectivity index (χ2n) is 5.80. The second kappa shape index (κ2) is 7.39. The summed E-state index contributed by atoms with van der Waals surface area (Å²) >= 11 is 0. The van der Waals surface area contributed by atoms with Crippen molar-refractivity contribution in [3.05, 3.63) is 29.6 Å². The van der Waals surface area contributed by atoms with Gasteiger partial charge in [0, 0.05) is 51.7 Å². The minimum absolute atomic E-state index is 0.133. The van der Waals surface area contributed by atoms with Crippen LogP contribution >= 0.6 is 0 Å². The normalized spacial score (nSPS) is 18.4. The van der Waals surface area contributed by atoms with Gasteiger partial charge in [-0.3, -0.25) is 19.4 Å². The highest BCUT2D eigenvalue weighted by Crippen LogP contribution is 2.12. The number of amides is 3. The Morgan fingerprint density at radius 2 is 1.46 bits per heavy atom. The maximum Gasteiger partial charge on any atom is 0.255 e. The molecule has 128 valence electrons. The van der Waals surface area contributed by atoms with Gasteiger partial charge in [0.05, 0.1) is 24.3 Å². The first-order valence-corrected chi connectivity index (χ1v) is 8.00. The van der Waals surface area contributed by atoms with E-state index in [0.29, 0.717) is 63.6 Å². The Labute approximate surface area is 140 Å². The summed E-state index contributed by atoms with van der Waals surface area (Å²) in [6.07, 6.45) is 3.76. The molecule has 3 heterocycles. The fourth-order valence-electron chi connectivity index (χ4n) is 2.84. The molecule has 2 aliphatic heterocycles. The molecule has 1 aromatic heterocycles. The van der Waals surface area contributed by atoms with E-state index in [9.17, 15) is 14.4 Å². The Balaban J connectivity index is 1.69. The molecule has 0 saturated carbocycles. The highest BCUT2D eigenvalue weighted by Gasteiger charge is 2.24. The van der Waals surface area contributed by atoms with Gasteiger partial charge in [-0.15, -0.1) is 0 Å². The van der Waals surface area contributed by atoms with Crippen LogP contribution in [0.3, 0.4) is 0 Å². The molecular weight excluding hydrogens is 312 g/mol.